The molecule has 0 aromatic heterocycles. The van der Waals surface area contributed by atoms with Crippen LogP contribution < -0.4 is 0 Å². The third-order valence-corrected chi connectivity index (χ3v) is 3.43. The molecule has 0 amide bonds. The van der Waals surface area contributed by atoms with Gasteiger partial charge in [0.1, 0.15) is 11.9 Å². The standard InChI is InChI=1S/C17H18ClFO/c1-11(2)9-12-3-5-13(6-4-12)17(20)15-8-7-14(18)10-16(15)19/h3-8,10-11,17,20H,9H2,1-2H3. The Balaban J connectivity index is 2.22. The maximum absolute atomic E-state index is 13.8. The maximum atomic E-state index is 13.8. The highest BCUT2D eigenvalue weighted by atomic mass is 35.5. The molecule has 20 heavy (non-hydrogen) atoms. The minimum atomic E-state index is -0.972. The molecule has 3 heteroatoms. The van der Waals surface area contributed by atoms with Crippen LogP contribution in [0, 0.1) is 11.7 Å². The minimum Gasteiger partial charge on any atom is -0.384 e. The van der Waals surface area contributed by atoms with Crippen LogP contribution in [0.1, 0.15) is 36.6 Å². The van der Waals surface area contributed by atoms with Crippen LogP contribution in [0.25, 0.3) is 0 Å². The van der Waals surface area contributed by atoms with Crippen LogP contribution in [-0.2, 0) is 6.42 Å². The number of halogens is 2. The first-order chi connectivity index (χ1) is 9.47. The Morgan fingerprint density at radius 3 is 2.30 bits per heavy atom. The van der Waals surface area contributed by atoms with Gasteiger partial charge in [0.2, 0.25) is 0 Å². The van der Waals surface area contributed by atoms with E-state index in [0.717, 1.165) is 6.42 Å². The Kier molecular flexibility index (Phi) is 4.79. The van der Waals surface area contributed by atoms with Crippen molar-refractivity contribution in [1.82, 2.24) is 0 Å². The molecule has 0 fully saturated rings. The van der Waals surface area contributed by atoms with Crippen molar-refractivity contribution in [3.05, 3.63) is 70.0 Å². The van der Waals surface area contributed by atoms with Gasteiger partial charge in [-0.15, -0.1) is 0 Å². The lowest BCUT2D eigenvalue weighted by Crippen LogP contribution is -2.03. The monoisotopic (exact) mass is 292 g/mol. The Hall–Kier alpha value is -1.38. The molecule has 106 valence electrons. The molecule has 1 N–H and O–H groups in total. The van der Waals surface area contributed by atoms with E-state index >= 15 is 0 Å². The molecule has 0 aliphatic heterocycles. The van der Waals surface area contributed by atoms with E-state index in [0.29, 0.717) is 16.5 Å². The zero-order valence-corrected chi connectivity index (χ0v) is 12.4. The van der Waals surface area contributed by atoms with Gasteiger partial charge < -0.3 is 5.11 Å². The van der Waals surface area contributed by atoms with Gasteiger partial charge in [0, 0.05) is 10.6 Å². The second-order valence-corrected chi connectivity index (χ2v) is 5.84. The zero-order valence-electron chi connectivity index (χ0n) is 11.6. The molecule has 2 aromatic rings. The third kappa shape index (κ3) is 3.59. The van der Waals surface area contributed by atoms with Crippen LogP contribution in [0.2, 0.25) is 5.02 Å². The molecule has 0 aliphatic rings. The van der Waals surface area contributed by atoms with Crippen molar-refractivity contribution in [2.45, 2.75) is 26.4 Å². The molecule has 1 unspecified atom stereocenters. The Bertz CT molecular complexity index is 578. The van der Waals surface area contributed by atoms with Crippen LogP contribution in [0.4, 0.5) is 4.39 Å². The molecule has 0 saturated carbocycles. The van der Waals surface area contributed by atoms with Gasteiger partial charge in [-0.05, 0) is 35.6 Å². The fraction of sp³-hybridized carbons (Fsp3) is 0.294. The molecule has 0 radical (unpaired) electrons. The van der Waals surface area contributed by atoms with E-state index in [9.17, 15) is 9.50 Å². The van der Waals surface area contributed by atoms with Crippen LogP contribution >= 0.6 is 11.6 Å². The third-order valence-electron chi connectivity index (χ3n) is 3.20. The quantitative estimate of drug-likeness (QED) is 0.861. The lowest BCUT2D eigenvalue weighted by molar-refractivity contribution is 0.215. The first-order valence-corrected chi connectivity index (χ1v) is 7.07. The fourth-order valence-electron chi connectivity index (χ4n) is 2.21. The van der Waals surface area contributed by atoms with E-state index in [4.69, 9.17) is 11.6 Å². The molecular formula is C17H18ClFO. The second kappa shape index (κ2) is 6.38. The van der Waals surface area contributed by atoms with Gasteiger partial charge in [0.25, 0.3) is 0 Å². The van der Waals surface area contributed by atoms with E-state index in [1.165, 1.54) is 17.7 Å². The van der Waals surface area contributed by atoms with Gasteiger partial charge >= 0.3 is 0 Å². The number of hydrogen-bond donors (Lipinski definition) is 1. The van der Waals surface area contributed by atoms with Crippen molar-refractivity contribution < 1.29 is 9.50 Å². The molecule has 0 heterocycles. The SMILES string of the molecule is CC(C)Cc1ccc(C(O)c2ccc(Cl)cc2F)cc1. The summed E-state index contributed by atoms with van der Waals surface area (Å²) >= 11 is 5.72. The number of aliphatic hydroxyl groups excluding tert-OH is 1. The highest BCUT2D eigenvalue weighted by Crippen LogP contribution is 2.26. The Morgan fingerprint density at radius 2 is 1.75 bits per heavy atom. The Labute approximate surface area is 124 Å². The van der Waals surface area contributed by atoms with Gasteiger partial charge in [0.05, 0.1) is 0 Å². The lowest BCUT2D eigenvalue weighted by Gasteiger charge is -2.13. The van der Waals surface area contributed by atoms with E-state index < -0.39 is 11.9 Å². The van der Waals surface area contributed by atoms with Gasteiger partial charge in [0.15, 0.2) is 0 Å². The number of aliphatic hydroxyl groups is 1. The van der Waals surface area contributed by atoms with E-state index in [2.05, 4.69) is 13.8 Å². The van der Waals surface area contributed by atoms with Crippen molar-refractivity contribution in [3.8, 4) is 0 Å². The summed E-state index contributed by atoms with van der Waals surface area (Å²) in [5, 5.41) is 10.6. The first kappa shape index (κ1) is 15.0. The molecule has 1 atom stereocenters. The van der Waals surface area contributed by atoms with Crippen molar-refractivity contribution in [2.24, 2.45) is 5.92 Å². The number of hydrogen-bond acceptors (Lipinski definition) is 1. The van der Waals surface area contributed by atoms with E-state index in [-0.39, 0.29) is 5.56 Å². The molecule has 0 spiro atoms. The van der Waals surface area contributed by atoms with Gasteiger partial charge in [-0.25, -0.2) is 4.39 Å². The van der Waals surface area contributed by atoms with Crippen molar-refractivity contribution in [3.63, 3.8) is 0 Å². The normalized spacial score (nSPS) is 12.7. The molecule has 0 bridgehead atoms. The van der Waals surface area contributed by atoms with E-state index in [1.807, 2.05) is 24.3 Å². The Morgan fingerprint density at radius 1 is 1.10 bits per heavy atom. The van der Waals surface area contributed by atoms with Gasteiger partial charge in [-0.1, -0.05) is 55.8 Å². The van der Waals surface area contributed by atoms with Gasteiger partial charge in [-0.3, -0.25) is 0 Å². The molecule has 2 rings (SSSR count). The zero-order chi connectivity index (χ0) is 14.7. The van der Waals surface area contributed by atoms with Crippen molar-refractivity contribution in [2.75, 3.05) is 0 Å². The molecule has 1 nitrogen and oxygen atoms in total. The summed E-state index contributed by atoms with van der Waals surface area (Å²) in [5.74, 6) is 0.0933. The topological polar surface area (TPSA) is 20.2 Å². The van der Waals surface area contributed by atoms with Crippen molar-refractivity contribution in [1.29, 1.82) is 0 Å². The second-order valence-electron chi connectivity index (χ2n) is 5.41. The van der Waals surface area contributed by atoms with Crippen LogP contribution in [-0.4, -0.2) is 5.11 Å². The highest BCUT2D eigenvalue weighted by Gasteiger charge is 2.15. The maximum Gasteiger partial charge on any atom is 0.130 e. The predicted molar refractivity (Wildman–Crippen MR) is 80.5 cm³/mol. The van der Waals surface area contributed by atoms with Crippen LogP contribution in [0.15, 0.2) is 42.5 Å². The summed E-state index contributed by atoms with van der Waals surface area (Å²) in [4.78, 5) is 0. The highest BCUT2D eigenvalue weighted by molar-refractivity contribution is 6.30. The van der Waals surface area contributed by atoms with E-state index in [1.54, 1.807) is 6.07 Å². The van der Waals surface area contributed by atoms with Crippen LogP contribution in [0.3, 0.4) is 0 Å². The van der Waals surface area contributed by atoms with Crippen LogP contribution in [0.5, 0.6) is 0 Å². The average Bonchev–Trinajstić information content (AvgIpc) is 2.38. The molecule has 0 saturated heterocycles. The van der Waals surface area contributed by atoms with Gasteiger partial charge in [-0.2, -0.15) is 0 Å². The summed E-state index contributed by atoms with van der Waals surface area (Å²) in [6.07, 6.45) is 0.0199. The molecular weight excluding hydrogens is 275 g/mol. The molecule has 2 aromatic carbocycles. The summed E-state index contributed by atoms with van der Waals surface area (Å²) in [7, 11) is 0. The smallest absolute Gasteiger partial charge is 0.130 e. The first-order valence-electron chi connectivity index (χ1n) is 6.69. The molecule has 0 aliphatic carbocycles. The fourth-order valence-corrected chi connectivity index (χ4v) is 2.37. The predicted octanol–water partition coefficient (Wildman–Crippen LogP) is 4.76. The summed E-state index contributed by atoms with van der Waals surface area (Å²) in [6.45, 7) is 4.32. The largest absolute Gasteiger partial charge is 0.384 e. The lowest BCUT2D eigenvalue weighted by atomic mass is 9.97. The number of benzene rings is 2. The van der Waals surface area contributed by atoms with Crippen molar-refractivity contribution >= 4 is 11.6 Å². The summed E-state index contributed by atoms with van der Waals surface area (Å²) in [5.41, 5.74) is 2.14. The average molecular weight is 293 g/mol. The summed E-state index contributed by atoms with van der Waals surface area (Å²) in [6, 6.07) is 12.0. The minimum absolute atomic E-state index is 0.242. The summed E-state index contributed by atoms with van der Waals surface area (Å²) < 4.78 is 13.8. The number of rotatable bonds is 4.